The van der Waals surface area contributed by atoms with E-state index >= 15 is 0 Å². The van der Waals surface area contributed by atoms with Gasteiger partial charge in [0.05, 0.1) is 0 Å². The maximum atomic E-state index is 6.04. The summed E-state index contributed by atoms with van der Waals surface area (Å²) in [5, 5.41) is 3.98. The smallest absolute Gasteiger partial charge is 0.249 e. The Labute approximate surface area is 171 Å². The number of nitrogens with zero attached hydrogens (tertiary/aromatic N) is 3. The van der Waals surface area contributed by atoms with Crippen LogP contribution in [0.25, 0.3) is 11.0 Å². The fourth-order valence-corrected chi connectivity index (χ4v) is 3.77. The highest BCUT2D eigenvalue weighted by atomic mass is 32.1. The van der Waals surface area contributed by atoms with Crippen LogP contribution in [0.15, 0.2) is 35.0 Å². The molecule has 0 saturated carbocycles. The van der Waals surface area contributed by atoms with E-state index in [1.165, 1.54) is 5.56 Å². The molecule has 3 rings (SSSR count). The van der Waals surface area contributed by atoms with Gasteiger partial charge in [0.25, 0.3) is 0 Å². The van der Waals surface area contributed by atoms with Crippen LogP contribution < -0.4 is 4.74 Å². The van der Waals surface area contributed by atoms with Gasteiger partial charge in [-0.15, -0.1) is 11.3 Å². The Morgan fingerprint density at radius 2 is 1.61 bits per heavy atom. The van der Waals surface area contributed by atoms with E-state index in [-0.39, 0.29) is 0 Å². The number of rotatable bonds is 6. The fraction of sp³-hybridized carbons (Fsp3) is 0.391. The number of aryl methyl sites for hydroxylation is 1. The number of hydrogen-bond donors (Lipinski definition) is 0. The number of ether oxygens (including phenoxy) is 1. The summed E-state index contributed by atoms with van der Waals surface area (Å²) in [6, 6.07) is 9.08. The van der Waals surface area contributed by atoms with Crippen LogP contribution in [0.5, 0.6) is 5.88 Å². The van der Waals surface area contributed by atoms with Crippen molar-refractivity contribution in [2.24, 2.45) is 0 Å². The summed E-state index contributed by atoms with van der Waals surface area (Å²) in [6.07, 6.45) is 0. The first-order valence-corrected chi connectivity index (χ1v) is 10.6. The Kier molecular flexibility index (Phi) is 6.66. The molecule has 28 heavy (non-hydrogen) atoms. The van der Waals surface area contributed by atoms with Crippen molar-refractivity contribution in [1.82, 2.24) is 14.9 Å². The second kappa shape index (κ2) is 9.18. The van der Waals surface area contributed by atoms with Crippen LogP contribution in [0, 0.1) is 18.8 Å². The molecule has 0 radical (unpaired) electrons. The predicted octanol–water partition coefficient (Wildman–Crippen LogP) is 4.90. The molecule has 2 aromatic heterocycles. The Morgan fingerprint density at radius 3 is 2.25 bits per heavy atom. The van der Waals surface area contributed by atoms with Crippen molar-refractivity contribution in [2.75, 3.05) is 13.2 Å². The molecule has 0 unspecified atom stereocenters. The zero-order valence-electron chi connectivity index (χ0n) is 17.2. The number of fused-ring (bicyclic) bond motifs is 1. The largest absolute Gasteiger partial charge is 0.474 e. The summed E-state index contributed by atoms with van der Waals surface area (Å²) in [4.78, 5) is 11.7. The Balaban J connectivity index is 1.82. The lowest BCUT2D eigenvalue weighted by molar-refractivity contribution is 0.140. The van der Waals surface area contributed by atoms with E-state index in [4.69, 9.17) is 4.74 Å². The molecule has 0 amide bonds. The Morgan fingerprint density at radius 1 is 0.964 bits per heavy atom. The Hall–Kier alpha value is -2.42. The number of aromatic nitrogens is 2. The highest BCUT2D eigenvalue weighted by molar-refractivity contribution is 7.09. The lowest BCUT2D eigenvalue weighted by Gasteiger charge is -2.30. The molecule has 0 saturated heterocycles. The molecule has 2 heterocycles. The third kappa shape index (κ3) is 5.09. The normalized spacial score (nSPS) is 11.3. The summed E-state index contributed by atoms with van der Waals surface area (Å²) in [5.74, 6) is 6.85. The van der Waals surface area contributed by atoms with Gasteiger partial charge in [0.2, 0.25) is 5.88 Å². The molecule has 0 fully saturated rings. The third-order valence-electron chi connectivity index (χ3n) is 4.57. The van der Waals surface area contributed by atoms with E-state index in [2.05, 4.69) is 73.5 Å². The van der Waals surface area contributed by atoms with Gasteiger partial charge in [-0.1, -0.05) is 23.6 Å². The Bertz CT molecular complexity index is 972. The van der Waals surface area contributed by atoms with Gasteiger partial charge >= 0.3 is 0 Å². The summed E-state index contributed by atoms with van der Waals surface area (Å²) in [6.45, 7) is 12.3. The topological polar surface area (TPSA) is 38.3 Å². The summed E-state index contributed by atoms with van der Waals surface area (Å²) >= 11 is 1.59. The van der Waals surface area contributed by atoms with E-state index in [1.54, 1.807) is 11.3 Å². The summed E-state index contributed by atoms with van der Waals surface area (Å²) < 4.78 is 6.04. The SMILES string of the molecule is Cc1ccc(C#Cc2nc3cscc3nc2OCCN(C(C)C)C(C)C)cc1. The van der Waals surface area contributed by atoms with Crippen LogP contribution >= 0.6 is 11.3 Å². The van der Waals surface area contributed by atoms with Crippen LogP contribution in [-0.4, -0.2) is 40.1 Å². The molecule has 4 nitrogen and oxygen atoms in total. The molecule has 0 aliphatic carbocycles. The van der Waals surface area contributed by atoms with Gasteiger partial charge in [0.15, 0.2) is 5.69 Å². The van der Waals surface area contributed by atoms with Gasteiger partial charge in [-0.25, -0.2) is 9.97 Å². The van der Waals surface area contributed by atoms with Crippen molar-refractivity contribution < 1.29 is 4.74 Å². The maximum absolute atomic E-state index is 6.04. The summed E-state index contributed by atoms with van der Waals surface area (Å²) in [7, 11) is 0. The lowest BCUT2D eigenvalue weighted by atomic mass is 10.1. The average molecular weight is 394 g/mol. The van der Waals surface area contributed by atoms with Gasteiger partial charge in [-0.3, -0.25) is 4.90 Å². The van der Waals surface area contributed by atoms with Gasteiger partial charge in [0.1, 0.15) is 17.6 Å². The number of hydrogen-bond acceptors (Lipinski definition) is 5. The van der Waals surface area contributed by atoms with Crippen LogP contribution in [0.2, 0.25) is 0 Å². The molecule has 1 aromatic carbocycles. The van der Waals surface area contributed by atoms with Crippen molar-refractivity contribution in [3.05, 3.63) is 51.8 Å². The summed E-state index contributed by atoms with van der Waals surface area (Å²) in [5.41, 5.74) is 4.47. The van der Waals surface area contributed by atoms with Gasteiger partial charge < -0.3 is 4.74 Å². The standard InChI is InChI=1S/C23H27N3OS/c1-16(2)26(17(3)4)12-13-27-23-20(24-21-14-28-15-22(21)25-23)11-10-19-8-6-18(5)7-9-19/h6-9,14-17H,12-13H2,1-5H3. The first-order valence-electron chi connectivity index (χ1n) is 9.65. The number of thiophene rings is 1. The van der Waals surface area contributed by atoms with Gasteiger partial charge in [0, 0.05) is 35.0 Å². The molecule has 0 aliphatic heterocycles. The van der Waals surface area contributed by atoms with Gasteiger partial charge in [-0.05, 0) is 52.7 Å². The van der Waals surface area contributed by atoms with E-state index in [9.17, 15) is 0 Å². The van der Waals surface area contributed by atoms with E-state index in [1.807, 2.05) is 22.9 Å². The quantitative estimate of drug-likeness (QED) is 0.559. The van der Waals surface area contributed by atoms with Crippen LogP contribution in [0.1, 0.15) is 44.5 Å². The molecule has 0 spiro atoms. The minimum absolute atomic E-state index is 0.467. The first kappa shape index (κ1) is 20.3. The van der Waals surface area contributed by atoms with Crippen molar-refractivity contribution in [1.29, 1.82) is 0 Å². The monoisotopic (exact) mass is 393 g/mol. The van der Waals surface area contributed by atoms with E-state index < -0.39 is 0 Å². The van der Waals surface area contributed by atoms with E-state index in [0.717, 1.165) is 23.1 Å². The minimum Gasteiger partial charge on any atom is -0.474 e. The van der Waals surface area contributed by atoms with Crippen molar-refractivity contribution in [3.8, 4) is 17.7 Å². The van der Waals surface area contributed by atoms with Crippen LogP contribution in [0.3, 0.4) is 0 Å². The highest BCUT2D eigenvalue weighted by Gasteiger charge is 2.14. The lowest BCUT2D eigenvalue weighted by Crippen LogP contribution is -2.39. The molecule has 3 aromatic rings. The van der Waals surface area contributed by atoms with Crippen molar-refractivity contribution in [3.63, 3.8) is 0 Å². The van der Waals surface area contributed by atoms with E-state index in [0.29, 0.717) is 30.3 Å². The molecular weight excluding hydrogens is 366 g/mol. The second-order valence-corrected chi connectivity index (χ2v) is 8.15. The molecule has 0 N–H and O–H groups in total. The molecule has 146 valence electrons. The molecule has 0 bridgehead atoms. The first-order chi connectivity index (χ1) is 13.4. The zero-order valence-corrected chi connectivity index (χ0v) is 18.0. The maximum Gasteiger partial charge on any atom is 0.249 e. The molecule has 0 atom stereocenters. The average Bonchev–Trinajstić information content (AvgIpc) is 3.11. The van der Waals surface area contributed by atoms with Crippen molar-refractivity contribution >= 4 is 22.4 Å². The van der Waals surface area contributed by atoms with Crippen LogP contribution in [0.4, 0.5) is 0 Å². The fourth-order valence-electron chi connectivity index (χ4n) is 3.09. The van der Waals surface area contributed by atoms with Crippen LogP contribution in [-0.2, 0) is 0 Å². The molecule has 0 aliphatic rings. The highest BCUT2D eigenvalue weighted by Crippen LogP contribution is 2.21. The second-order valence-electron chi connectivity index (χ2n) is 7.41. The van der Waals surface area contributed by atoms with Gasteiger partial charge in [-0.2, -0.15) is 0 Å². The third-order valence-corrected chi connectivity index (χ3v) is 5.29. The number of benzene rings is 1. The molecule has 5 heteroatoms. The predicted molar refractivity (Wildman–Crippen MR) is 117 cm³/mol. The molecular formula is C23H27N3OS. The zero-order chi connectivity index (χ0) is 20.1. The minimum atomic E-state index is 0.467. The van der Waals surface area contributed by atoms with Crippen molar-refractivity contribution in [2.45, 2.75) is 46.7 Å².